The molecule has 184 valence electrons. The lowest BCUT2D eigenvalue weighted by molar-refractivity contribution is -0.117. The average Bonchev–Trinajstić information content (AvgIpc) is 3.53. The maximum absolute atomic E-state index is 13.3. The highest BCUT2D eigenvalue weighted by Gasteiger charge is 2.37. The van der Waals surface area contributed by atoms with E-state index in [9.17, 15) is 9.59 Å². The Morgan fingerprint density at radius 3 is 2.43 bits per heavy atom. The van der Waals surface area contributed by atoms with Crippen molar-refractivity contribution < 1.29 is 4.79 Å². The highest BCUT2D eigenvalue weighted by molar-refractivity contribution is 5.95. The third-order valence-corrected chi connectivity index (χ3v) is 8.20. The Morgan fingerprint density at radius 1 is 0.971 bits per heavy atom. The molecular weight excluding hydrogens is 438 g/mol. The van der Waals surface area contributed by atoms with Gasteiger partial charge >= 0.3 is 0 Å². The second-order valence-electron chi connectivity index (χ2n) is 10.4. The molecule has 3 fully saturated rings. The van der Waals surface area contributed by atoms with Gasteiger partial charge in [-0.2, -0.15) is 4.98 Å². The zero-order valence-corrected chi connectivity index (χ0v) is 20.7. The molecule has 0 aliphatic carbocycles. The molecule has 3 aromatic rings. The van der Waals surface area contributed by atoms with Crippen LogP contribution in [0.2, 0.25) is 0 Å². The Bertz CT molecular complexity index is 1280. The van der Waals surface area contributed by atoms with Gasteiger partial charge < -0.3 is 14.4 Å². The number of unbranched alkanes of at least 4 members (excludes halogenated alkanes) is 2. The van der Waals surface area contributed by atoms with Gasteiger partial charge in [0.1, 0.15) is 5.82 Å². The van der Waals surface area contributed by atoms with Crippen molar-refractivity contribution in [3.8, 4) is 11.3 Å². The molecule has 7 heteroatoms. The summed E-state index contributed by atoms with van der Waals surface area (Å²) >= 11 is 0. The largest absolute Gasteiger partial charge is 0.350 e. The van der Waals surface area contributed by atoms with Gasteiger partial charge in [0.2, 0.25) is 11.7 Å². The second kappa shape index (κ2) is 9.17. The number of hydrogen-bond acceptors (Lipinski definition) is 4. The van der Waals surface area contributed by atoms with Crippen LogP contribution < -0.4 is 15.4 Å². The number of carbonyl (C=O) groups is 1. The van der Waals surface area contributed by atoms with Crippen LogP contribution in [0, 0.1) is 0 Å². The lowest BCUT2D eigenvalue weighted by Gasteiger charge is -2.35. The Morgan fingerprint density at radius 2 is 1.74 bits per heavy atom. The molecule has 1 amide bonds. The molecule has 0 radical (unpaired) electrons. The monoisotopic (exact) mass is 473 g/mol. The van der Waals surface area contributed by atoms with Crippen LogP contribution in [0.4, 0.5) is 11.5 Å². The number of amides is 1. The number of fused-ring (bicyclic) bond motifs is 3. The van der Waals surface area contributed by atoms with E-state index >= 15 is 0 Å². The molecule has 2 atom stereocenters. The number of imidazole rings is 1. The van der Waals surface area contributed by atoms with Gasteiger partial charge in [0.15, 0.2) is 0 Å². The maximum atomic E-state index is 13.3. The van der Waals surface area contributed by atoms with Crippen molar-refractivity contribution in [2.75, 3.05) is 16.3 Å². The van der Waals surface area contributed by atoms with Crippen LogP contribution in [0.15, 0.2) is 41.3 Å². The molecule has 0 N–H and O–H groups in total. The van der Waals surface area contributed by atoms with E-state index in [0.29, 0.717) is 18.5 Å². The highest BCUT2D eigenvalue weighted by atomic mass is 16.2. The molecule has 5 heterocycles. The van der Waals surface area contributed by atoms with Crippen LogP contribution in [-0.2, 0) is 11.3 Å². The second-order valence-corrected chi connectivity index (χ2v) is 10.4. The molecular formula is C28H35N5O2. The van der Waals surface area contributed by atoms with Crippen LogP contribution >= 0.6 is 0 Å². The van der Waals surface area contributed by atoms with E-state index in [1.54, 1.807) is 10.5 Å². The Kier molecular flexibility index (Phi) is 5.86. The fourth-order valence-electron chi connectivity index (χ4n) is 6.41. The number of aromatic nitrogens is 3. The van der Waals surface area contributed by atoms with Crippen LogP contribution in [-0.4, -0.2) is 38.5 Å². The van der Waals surface area contributed by atoms with Crippen molar-refractivity contribution in [3.05, 3.63) is 46.9 Å². The Hall–Kier alpha value is -3.09. The third kappa shape index (κ3) is 3.95. The van der Waals surface area contributed by atoms with E-state index < -0.39 is 0 Å². The summed E-state index contributed by atoms with van der Waals surface area (Å²) in [6.45, 7) is 3.82. The van der Waals surface area contributed by atoms with Gasteiger partial charge in [0, 0.05) is 49.5 Å². The molecule has 1 aromatic carbocycles. The van der Waals surface area contributed by atoms with Crippen LogP contribution in [0.3, 0.4) is 0 Å². The zero-order chi connectivity index (χ0) is 23.9. The molecule has 2 aromatic heterocycles. The predicted molar refractivity (Wildman–Crippen MR) is 139 cm³/mol. The van der Waals surface area contributed by atoms with Crippen LogP contribution in [0.5, 0.6) is 0 Å². The highest BCUT2D eigenvalue weighted by Crippen LogP contribution is 2.38. The number of benzene rings is 1. The van der Waals surface area contributed by atoms with E-state index in [1.165, 1.54) is 32.1 Å². The summed E-state index contributed by atoms with van der Waals surface area (Å²) in [5.41, 5.74) is 2.98. The quantitative estimate of drug-likeness (QED) is 0.453. The minimum Gasteiger partial charge on any atom is -0.350 e. The number of anilines is 2. The van der Waals surface area contributed by atoms with Crippen molar-refractivity contribution in [1.29, 1.82) is 0 Å². The first-order chi connectivity index (χ1) is 17.1. The minimum atomic E-state index is -0.00949. The van der Waals surface area contributed by atoms with Gasteiger partial charge in [-0.15, -0.1) is 0 Å². The molecule has 0 saturated carbocycles. The van der Waals surface area contributed by atoms with Gasteiger partial charge in [-0.05, 0) is 62.6 Å². The number of hydrogen-bond donors (Lipinski definition) is 0. The van der Waals surface area contributed by atoms with Crippen LogP contribution in [0.25, 0.3) is 17.0 Å². The number of aryl methyl sites for hydroxylation is 1. The Balaban J connectivity index is 1.41. The molecule has 3 aliphatic heterocycles. The average molecular weight is 474 g/mol. The first-order valence-corrected chi connectivity index (χ1v) is 13.5. The molecule has 35 heavy (non-hydrogen) atoms. The molecule has 7 nitrogen and oxygen atoms in total. The smallest absolute Gasteiger partial charge is 0.261 e. The fourth-order valence-corrected chi connectivity index (χ4v) is 6.41. The summed E-state index contributed by atoms with van der Waals surface area (Å²) in [7, 11) is 0. The molecule has 0 spiro atoms. The summed E-state index contributed by atoms with van der Waals surface area (Å²) in [6.07, 6.45) is 12.9. The number of carbonyl (C=O) groups excluding carboxylic acids is 1. The van der Waals surface area contributed by atoms with Crippen molar-refractivity contribution in [3.63, 3.8) is 0 Å². The van der Waals surface area contributed by atoms with E-state index in [2.05, 4.69) is 28.5 Å². The molecule has 6 rings (SSSR count). The summed E-state index contributed by atoms with van der Waals surface area (Å²) < 4.78 is 3.94. The topological polar surface area (TPSA) is 62.9 Å². The van der Waals surface area contributed by atoms with Crippen molar-refractivity contribution >= 4 is 23.2 Å². The first kappa shape index (κ1) is 22.4. The maximum Gasteiger partial charge on any atom is 0.261 e. The normalized spacial score (nSPS) is 22.0. The van der Waals surface area contributed by atoms with Gasteiger partial charge in [-0.1, -0.05) is 31.9 Å². The van der Waals surface area contributed by atoms with E-state index in [-0.39, 0.29) is 11.5 Å². The van der Waals surface area contributed by atoms with Gasteiger partial charge in [0.05, 0.1) is 5.69 Å². The molecule has 2 bridgehead atoms. The van der Waals surface area contributed by atoms with E-state index in [1.807, 2.05) is 23.2 Å². The third-order valence-electron chi connectivity index (χ3n) is 8.20. The first-order valence-electron chi connectivity index (χ1n) is 13.5. The van der Waals surface area contributed by atoms with Crippen LogP contribution in [0.1, 0.15) is 71.1 Å². The zero-order valence-electron chi connectivity index (χ0n) is 20.7. The SMILES string of the molecule is CCCCCn1c(-c2ccc(N3CCCC3=O)cc2)cn2c(=O)cc(N3C4CCCC3CC4)nc12. The number of piperidine rings is 1. The summed E-state index contributed by atoms with van der Waals surface area (Å²) in [5.74, 6) is 1.79. The van der Waals surface area contributed by atoms with Gasteiger partial charge in [-0.3, -0.25) is 14.0 Å². The van der Waals surface area contributed by atoms with E-state index in [4.69, 9.17) is 4.98 Å². The summed E-state index contributed by atoms with van der Waals surface area (Å²) in [4.78, 5) is 34.9. The van der Waals surface area contributed by atoms with Crippen molar-refractivity contribution in [2.45, 2.75) is 89.8 Å². The van der Waals surface area contributed by atoms with Crippen molar-refractivity contribution in [1.82, 2.24) is 14.0 Å². The van der Waals surface area contributed by atoms with Crippen molar-refractivity contribution in [2.24, 2.45) is 0 Å². The number of rotatable bonds is 7. The molecule has 3 aliphatic rings. The standard InChI is InChI=1S/C28H35N5O2/c1-2-3-4-16-31-24(20-10-12-21(13-11-20)30-17-6-9-26(30)34)19-32-27(35)18-25(29-28(31)32)33-22-7-5-8-23(33)15-14-22/h10-13,18-19,22-23H,2-9,14-17H2,1H3. The summed E-state index contributed by atoms with van der Waals surface area (Å²) in [6, 6.07) is 11.0. The lowest BCUT2D eigenvalue weighted by atomic mass is 10.0. The van der Waals surface area contributed by atoms with Gasteiger partial charge in [0.25, 0.3) is 5.56 Å². The van der Waals surface area contributed by atoms with E-state index in [0.717, 1.165) is 67.3 Å². The predicted octanol–water partition coefficient (Wildman–Crippen LogP) is 5.00. The minimum absolute atomic E-state index is 0.00949. The molecule has 3 saturated heterocycles. The fraction of sp³-hybridized carbons (Fsp3) is 0.536. The van der Waals surface area contributed by atoms with Gasteiger partial charge in [-0.25, -0.2) is 0 Å². The number of nitrogens with zero attached hydrogens (tertiary/aromatic N) is 5. The summed E-state index contributed by atoms with van der Waals surface area (Å²) in [5, 5.41) is 0. The Labute approximate surface area is 206 Å². The lowest BCUT2D eigenvalue weighted by Crippen LogP contribution is -2.41. The molecule has 2 unspecified atom stereocenters.